The normalized spacial score (nSPS) is 20.6. The third-order valence-corrected chi connectivity index (χ3v) is 3.66. The smallest absolute Gasteiger partial charge is 0.335 e. The van der Waals surface area contributed by atoms with Crippen molar-refractivity contribution in [2.45, 2.75) is 18.7 Å². The van der Waals surface area contributed by atoms with Crippen molar-refractivity contribution in [3.05, 3.63) is 71.8 Å². The zero-order valence-electron chi connectivity index (χ0n) is 12.5. The van der Waals surface area contributed by atoms with Crippen molar-refractivity contribution in [3.8, 4) is 0 Å². The standard InChI is InChI=1S/C18H17NO4/c20-17(22-11-13-7-3-1-4-8-13)16-18(21)23-12-15(19-16)14-9-5-2-6-10-14/h1-10,15-16,19H,11-12H2/t15-,16-/m1/s1. The molecule has 0 unspecified atom stereocenters. The third-order valence-electron chi connectivity index (χ3n) is 3.66. The average Bonchev–Trinajstić information content (AvgIpc) is 2.62. The fraction of sp³-hybridized carbons (Fsp3) is 0.222. The quantitative estimate of drug-likeness (QED) is 0.691. The highest BCUT2D eigenvalue weighted by Gasteiger charge is 2.36. The molecule has 5 heteroatoms. The van der Waals surface area contributed by atoms with Crippen LogP contribution in [0.2, 0.25) is 0 Å². The minimum absolute atomic E-state index is 0.126. The molecule has 0 bridgehead atoms. The van der Waals surface area contributed by atoms with Crippen molar-refractivity contribution in [2.75, 3.05) is 6.61 Å². The van der Waals surface area contributed by atoms with Gasteiger partial charge in [-0.25, -0.2) is 9.59 Å². The summed E-state index contributed by atoms with van der Waals surface area (Å²) in [5.41, 5.74) is 1.82. The molecular weight excluding hydrogens is 294 g/mol. The maximum absolute atomic E-state index is 12.2. The van der Waals surface area contributed by atoms with Gasteiger partial charge in [0.25, 0.3) is 0 Å². The molecule has 118 valence electrons. The molecule has 1 aliphatic heterocycles. The van der Waals surface area contributed by atoms with Crippen LogP contribution in [-0.2, 0) is 25.7 Å². The Morgan fingerprint density at radius 3 is 2.43 bits per heavy atom. The molecule has 3 rings (SSSR count). The van der Waals surface area contributed by atoms with Crippen molar-refractivity contribution < 1.29 is 19.1 Å². The van der Waals surface area contributed by atoms with Crippen LogP contribution in [0.15, 0.2) is 60.7 Å². The summed E-state index contributed by atoms with van der Waals surface area (Å²) in [6.07, 6.45) is 0. The lowest BCUT2D eigenvalue weighted by molar-refractivity contribution is -0.164. The minimum Gasteiger partial charge on any atom is -0.462 e. The molecule has 0 spiro atoms. The molecule has 2 aromatic rings. The average molecular weight is 311 g/mol. The number of esters is 2. The monoisotopic (exact) mass is 311 g/mol. The zero-order valence-corrected chi connectivity index (χ0v) is 12.5. The van der Waals surface area contributed by atoms with Gasteiger partial charge in [-0.2, -0.15) is 0 Å². The molecule has 0 amide bonds. The van der Waals surface area contributed by atoms with Crippen LogP contribution in [0, 0.1) is 0 Å². The summed E-state index contributed by atoms with van der Waals surface area (Å²) in [5, 5.41) is 3.01. The Morgan fingerprint density at radius 1 is 1.09 bits per heavy atom. The summed E-state index contributed by atoms with van der Waals surface area (Å²) in [5.74, 6) is -1.23. The number of ether oxygens (including phenoxy) is 2. The number of hydrogen-bond donors (Lipinski definition) is 1. The van der Waals surface area contributed by atoms with Crippen molar-refractivity contribution >= 4 is 11.9 Å². The Hall–Kier alpha value is -2.66. The Bertz CT molecular complexity index is 672. The lowest BCUT2D eigenvalue weighted by atomic mass is 10.1. The second-order valence-electron chi connectivity index (χ2n) is 5.29. The topological polar surface area (TPSA) is 64.6 Å². The lowest BCUT2D eigenvalue weighted by Gasteiger charge is -2.29. The van der Waals surface area contributed by atoms with E-state index >= 15 is 0 Å². The largest absolute Gasteiger partial charge is 0.462 e. The Kier molecular flexibility index (Phi) is 4.68. The van der Waals surface area contributed by atoms with Gasteiger partial charge in [0.2, 0.25) is 6.04 Å². The van der Waals surface area contributed by atoms with Gasteiger partial charge in [-0.1, -0.05) is 60.7 Å². The number of cyclic esters (lactones) is 1. The molecule has 0 radical (unpaired) electrons. The lowest BCUT2D eigenvalue weighted by Crippen LogP contribution is -2.52. The van der Waals surface area contributed by atoms with Crippen LogP contribution in [0.5, 0.6) is 0 Å². The number of nitrogens with one attached hydrogen (secondary N) is 1. The maximum Gasteiger partial charge on any atom is 0.335 e. The number of carbonyl (C=O) groups is 2. The Balaban J connectivity index is 1.63. The maximum atomic E-state index is 12.2. The molecule has 2 atom stereocenters. The molecule has 5 nitrogen and oxygen atoms in total. The van der Waals surface area contributed by atoms with Crippen LogP contribution in [0.3, 0.4) is 0 Å². The second-order valence-corrected chi connectivity index (χ2v) is 5.29. The summed E-state index contributed by atoms with van der Waals surface area (Å²) in [6, 6.07) is 17.5. The van der Waals surface area contributed by atoms with Gasteiger partial charge in [0.05, 0.1) is 6.04 Å². The van der Waals surface area contributed by atoms with E-state index in [1.165, 1.54) is 0 Å². The van der Waals surface area contributed by atoms with Gasteiger partial charge in [-0.05, 0) is 11.1 Å². The molecule has 2 aromatic carbocycles. The fourth-order valence-electron chi connectivity index (χ4n) is 2.42. The Morgan fingerprint density at radius 2 is 1.74 bits per heavy atom. The summed E-state index contributed by atoms with van der Waals surface area (Å²) in [7, 11) is 0. The van der Waals surface area contributed by atoms with Gasteiger partial charge < -0.3 is 9.47 Å². The summed E-state index contributed by atoms with van der Waals surface area (Å²) < 4.78 is 10.3. The molecule has 0 saturated carbocycles. The highest BCUT2D eigenvalue weighted by molar-refractivity contribution is 5.99. The third kappa shape index (κ3) is 3.76. The molecule has 23 heavy (non-hydrogen) atoms. The molecule has 0 aromatic heterocycles. The van der Waals surface area contributed by atoms with E-state index in [9.17, 15) is 9.59 Å². The predicted molar refractivity (Wildman–Crippen MR) is 83.3 cm³/mol. The number of carbonyl (C=O) groups excluding carboxylic acids is 2. The summed E-state index contributed by atoms with van der Waals surface area (Å²) in [6.45, 7) is 0.326. The fourth-order valence-corrected chi connectivity index (χ4v) is 2.42. The highest BCUT2D eigenvalue weighted by Crippen LogP contribution is 2.18. The number of rotatable bonds is 4. The van der Waals surface area contributed by atoms with Crippen molar-refractivity contribution in [2.24, 2.45) is 0 Å². The van der Waals surface area contributed by atoms with Gasteiger partial charge in [0.15, 0.2) is 0 Å². The predicted octanol–water partition coefficient (Wildman–Crippen LogP) is 1.99. The molecule has 0 aliphatic carbocycles. The van der Waals surface area contributed by atoms with Crippen molar-refractivity contribution in [1.29, 1.82) is 0 Å². The first kappa shape index (κ1) is 15.2. The highest BCUT2D eigenvalue weighted by atomic mass is 16.6. The van der Waals surface area contributed by atoms with Crippen LogP contribution >= 0.6 is 0 Å². The van der Waals surface area contributed by atoms with Gasteiger partial charge in [0, 0.05) is 0 Å². The van der Waals surface area contributed by atoms with Crippen molar-refractivity contribution in [1.82, 2.24) is 5.32 Å². The summed E-state index contributed by atoms with van der Waals surface area (Å²) >= 11 is 0. The second kappa shape index (κ2) is 7.07. The minimum atomic E-state index is -1.10. The molecule has 1 aliphatic rings. The first-order valence-corrected chi connectivity index (χ1v) is 7.42. The molecule has 1 fully saturated rings. The SMILES string of the molecule is O=C(OCc1ccccc1)[C@H]1N[C@@H](c2ccccc2)COC1=O. The van der Waals surface area contributed by atoms with Crippen LogP contribution in [0.1, 0.15) is 17.2 Å². The Labute approximate surface area is 134 Å². The van der Waals surface area contributed by atoms with Crippen LogP contribution < -0.4 is 5.32 Å². The number of benzene rings is 2. The van der Waals surface area contributed by atoms with E-state index in [1.54, 1.807) is 0 Å². The summed E-state index contributed by atoms with van der Waals surface area (Å²) in [4.78, 5) is 24.0. The van der Waals surface area contributed by atoms with E-state index in [1.807, 2.05) is 60.7 Å². The van der Waals surface area contributed by atoms with Crippen molar-refractivity contribution in [3.63, 3.8) is 0 Å². The van der Waals surface area contributed by atoms with Crippen LogP contribution in [0.25, 0.3) is 0 Å². The van der Waals surface area contributed by atoms with E-state index < -0.39 is 18.0 Å². The van der Waals surface area contributed by atoms with E-state index in [0.29, 0.717) is 0 Å². The van der Waals surface area contributed by atoms with Gasteiger partial charge in [-0.3, -0.25) is 5.32 Å². The van der Waals surface area contributed by atoms with Gasteiger partial charge >= 0.3 is 11.9 Å². The molecule has 1 heterocycles. The molecule has 1 N–H and O–H groups in total. The first-order chi connectivity index (χ1) is 11.2. The van der Waals surface area contributed by atoms with E-state index in [0.717, 1.165) is 11.1 Å². The van der Waals surface area contributed by atoms with Gasteiger partial charge in [0.1, 0.15) is 13.2 Å². The van der Waals surface area contributed by atoms with E-state index in [4.69, 9.17) is 9.47 Å². The molecule has 1 saturated heterocycles. The van der Waals surface area contributed by atoms with E-state index in [-0.39, 0.29) is 19.3 Å². The van der Waals surface area contributed by atoms with E-state index in [2.05, 4.69) is 5.32 Å². The zero-order chi connectivity index (χ0) is 16.1. The van der Waals surface area contributed by atoms with Crippen LogP contribution in [0.4, 0.5) is 0 Å². The first-order valence-electron chi connectivity index (χ1n) is 7.42. The number of hydrogen-bond acceptors (Lipinski definition) is 5. The number of morpholine rings is 1. The van der Waals surface area contributed by atoms with Crippen LogP contribution in [-0.4, -0.2) is 24.6 Å². The molecular formula is C18H17NO4. The van der Waals surface area contributed by atoms with Gasteiger partial charge in [-0.15, -0.1) is 0 Å².